The number of carbonyl (C=O) groups is 2. The number of pyridine rings is 1. The Bertz CT molecular complexity index is 1080. The molecule has 2 aromatic heterocycles. The number of nitrogens with zero attached hydrogens (tertiary/aromatic N) is 4. The zero-order valence-corrected chi connectivity index (χ0v) is 15.4. The monoisotopic (exact) mass is 374 g/mol. The molecule has 0 radical (unpaired) electrons. The average molecular weight is 374 g/mol. The summed E-state index contributed by atoms with van der Waals surface area (Å²) >= 11 is 0. The molecule has 0 aliphatic rings. The SMILES string of the molecule is [C-]#[N+]c1ccnc(C(=O)Nc2cn(-c3ccc(C(C)C)cc3)nc2C(N)=O)c1. The van der Waals surface area contributed by atoms with Crippen LogP contribution in [0.2, 0.25) is 0 Å². The lowest BCUT2D eigenvalue weighted by atomic mass is 10.0. The van der Waals surface area contributed by atoms with Gasteiger partial charge in [0.2, 0.25) is 0 Å². The fourth-order valence-electron chi connectivity index (χ4n) is 2.59. The number of rotatable bonds is 5. The van der Waals surface area contributed by atoms with Crippen LogP contribution in [0.1, 0.15) is 46.3 Å². The number of anilines is 1. The second kappa shape index (κ2) is 7.72. The van der Waals surface area contributed by atoms with Crippen LogP contribution in [0.5, 0.6) is 0 Å². The van der Waals surface area contributed by atoms with Gasteiger partial charge < -0.3 is 11.1 Å². The minimum atomic E-state index is -0.768. The molecule has 0 aliphatic heterocycles. The van der Waals surface area contributed by atoms with Crippen molar-refractivity contribution in [1.82, 2.24) is 14.8 Å². The Balaban J connectivity index is 1.91. The topological polar surface area (TPSA) is 107 Å². The average Bonchev–Trinajstić information content (AvgIpc) is 3.12. The maximum Gasteiger partial charge on any atom is 0.273 e. The number of hydrogen-bond donors (Lipinski definition) is 2. The molecule has 2 heterocycles. The van der Waals surface area contributed by atoms with E-state index in [1.807, 2.05) is 24.3 Å². The van der Waals surface area contributed by atoms with Crippen molar-refractivity contribution < 1.29 is 9.59 Å². The van der Waals surface area contributed by atoms with E-state index in [0.717, 1.165) is 5.69 Å². The number of nitrogens with two attached hydrogens (primary N) is 1. The van der Waals surface area contributed by atoms with E-state index >= 15 is 0 Å². The van der Waals surface area contributed by atoms with Gasteiger partial charge in [-0.25, -0.2) is 9.53 Å². The van der Waals surface area contributed by atoms with E-state index in [9.17, 15) is 9.59 Å². The molecule has 1 aromatic carbocycles. The lowest BCUT2D eigenvalue weighted by molar-refractivity contribution is 0.0996. The van der Waals surface area contributed by atoms with Crippen LogP contribution < -0.4 is 11.1 Å². The highest BCUT2D eigenvalue weighted by atomic mass is 16.2. The third-order valence-electron chi connectivity index (χ3n) is 4.13. The summed E-state index contributed by atoms with van der Waals surface area (Å²) in [5.41, 5.74) is 7.74. The normalized spacial score (nSPS) is 10.5. The molecule has 0 spiro atoms. The molecular weight excluding hydrogens is 356 g/mol. The van der Waals surface area contributed by atoms with E-state index in [1.165, 1.54) is 34.8 Å². The maximum atomic E-state index is 12.5. The zero-order chi connectivity index (χ0) is 20.3. The van der Waals surface area contributed by atoms with Crippen molar-refractivity contribution in [2.24, 2.45) is 5.73 Å². The minimum Gasteiger partial charge on any atom is -0.364 e. The van der Waals surface area contributed by atoms with Gasteiger partial charge in [0.05, 0.1) is 24.1 Å². The van der Waals surface area contributed by atoms with Crippen molar-refractivity contribution in [3.8, 4) is 5.69 Å². The largest absolute Gasteiger partial charge is 0.364 e. The number of amides is 2. The van der Waals surface area contributed by atoms with E-state index in [4.69, 9.17) is 12.3 Å². The van der Waals surface area contributed by atoms with Crippen molar-refractivity contribution in [3.05, 3.63) is 77.2 Å². The number of carbonyl (C=O) groups excluding carboxylic acids is 2. The highest BCUT2D eigenvalue weighted by Crippen LogP contribution is 2.21. The van der Waals surface area contributed by atoms with E-state index in [2.05, 4.69) is 34.1 Å². The van der Waals surface area contributed by atoms with Gasteiger partial charge in [0.25, 0.3) is 11.8 Å². The smallest absolute Gasteiger partial charge is 0.273 e. The summed E-state index contributed by atoms with van der Waals surface area (Å²) in [6.45, 7) is 11.2. The molecule has 28 heavy (non-hydrogen) atoms. The highest BCUT2D eigenvalue weighted by Gasteiger charge is 2.18. The Morgan fingerprint density at radius 1 is 1.21 bits per heavy atom. The minimum absolute atomic E-state index is 0.0537. The highest BCUT2D eigenvalue weighted by molar-refractivity contribution is 6.07. The van der Waals surface area contributed by atoms with Gasteiger partial charge in [0.1, 0.15) is 5.69 Å². The number of benzene rings is 1. The molecule has 0 saturated heterocycles. The number of aromatic nitrogens is 3. The molecule has 0 saturated carbocycles. The van der Waals surface area contributed by atoms with Crippen molar-refractivity contribution in [3.63, 3.8) is 0 Å². The first-order valence-electron chi connectivity index (χ1n) is 8.53. The van der Waals surface area contributed by atoms with Crippen molar-refractivity contribution in [2.45, 2.75) is 19.8 Å². The van der Waals surface area contributed by atoms with Gasteiger partial charge in [-0.15, -0.1) is 0 Å². The number of hydrogen-bond acceptors (Lipinski definition) is 4. The molecule has 0 unspecified atom stereocenters. The van der Waals surface area contributed by atoms with Crippen LogP contribution in [0.4, 0.5) is 11.4 Å². The fraction of sp³-hybridized carbons (Fsp3) is 0.150. The van der Waals surface area contributed by atoms with Crippen LogP contribution in [0.25, 0.3) is 10.5 Å². The van der Waals surface area contributed by atoms with E-state index < -0.39 is 11.8 Å². The third-order valence-corrected chi connectivity index (χ3v) is 4.13. The van der Waals surface area contributed by atoms with Crippen molar-refractivity contribution >= 4 is 23.2 Å². The summed E-state index contributed by atoms with van der Waals surface area (Å²) in [5.74, 6) is -0.945. The molecule has 3 aromatic rings. The van der Waals surface area contributed by atoms with Gasteiger partial charge in [0, 0.05) is 6.20 Å². The predicted octanol–water partition coefficient (Wildman–Crippen LogP) is 3.29. The summed E-state index contributed by atoms with van der Waals surface area (Å²) in [7, 11) is 0. The van der Waals surface area contributed by atoms with Gasteiger partial charge in [-0.3, -0.25) is 14.6 Å². The van der Waals surface area contributed by atoms with Gasteiger partial charge in [0.15, 0.2) is 11.4 Å². The van der Waals surface area contributed by atoms with Gasteiger partial charge in [-0.05, 0) is 35.7 Å². The Morgan fingerprint density at radius 2 is 1.93 bits per heavy atom. The summed E-state index contributed by atoms with van der Waals surface area (Å²) in [5, 5.41) is 6.78. The molecule has 2 amide bonds. The summed E-state index contributed by atoms with van der Waals surface area (Å²) in [4.78, 5) is 31.4. The van der Waals surface area contributed by atoms with Crippen LogP contribution in [0, 0.1) is 6.57 Å². The van der Waals surface area contributed by atoms with Crippen molar-refractivity contribution in [1.29, 1.82) is 0 Å². The molecule has 0 fully saturated rings. The van der Waals surface area contributed by atoms with Gasteiger partial charge in [-0.1, -0.05) is 26.0 Å². The molecule has 8 heteroatoms. The van der Waals surface area contributed by atoms with Gasteiger partial charge in [-0.2, -0.15) is 5.10 Å². The van der Waals surface area contributed by atoms with Crippen molar-refractivity contribution in [2.75, 3.05) is 5.32 Å². The van der Waals surface area contributed by atoms with E-state index in [0.29, 0.717) is 5.92 Å². The molecular formula is C20H18N6O2. The molecule has 140 valence electrons. The first-order valence-corrected chi connectivity index (χ1v) is 8.53. The second-order valence-electron chi connectivity index (χ2n) is 6.41. The quantitative estimate of drug-likeness (QED) is 0.668. The number of nitrogens with one attached hydrogen (secondary N) is 1. The summed E-state index contributed by atoms with van der Waals surface area (Å²) in [6.07, 6.45) is 2.89. The first-order chi connectivity index (χ1) is 13.4. The Hall–Kier alpha value is -3.99. The van der Waals surface area contributed by atoms with Crippen LogP contribution >= 0.6 is 0 Å². The lowest BCUT2D eigenvalue weighted by Gasteiger charge is -2.06. The molecule has 0 bridgehead atoms. The van der Waals surface area contributed by atoms with Crippen LogP contribution in [-0.4, -0.2) is 26.6 Å². The third kappa shape index (κ3) is 3.88. The van der Waals surface area contributed by atoms with E-state index in [1.54, 1.807) is 0 Å². The van der Waals surface area contributed by atoms with E-state index in [-0.39, 0.29) is 22.8 Å². The first kappa shape index (κ1) is 18.8. The maximum absolute atomic E-state index is 12.5. The Morgan fingerprint density at radius 3 is 2.54 bits per heavy atom. The summed E-state index contributed by atoms with van der Waals surface area (Å²) < 4.78 is 1.48. The predicted molar refractivity (Wildman–Crippen MR) is 105 cm³/mol. The molecule has 3 N–H and O–H groups in total. The zero-order valence-electron chi connectivity index (χ0n) is 15.4. The number of primary amides is 1. The van der Waals surface area contributed by atoms with Crippen LogP contribution in [-0.2, 0) is 0 Å². The molecule has 8 nitrogen and oxygen atoms in total. The van der Waals surface area contributed by atoms with Gasteiger partial charge >= 0.3 is 0 Å². The molecule has 0 aliphatic carbocycles. The van der Waals surface area contributed by atoms with Crippen LogP contribution in [0.3, 0.4) is 0 Å². The molecule has 0 atom stereocenters. The fourth-order valence-corrected chi connectivity index (χ4v) is 2.59. The van der Waals surface area contributed by atoms with Crippen LogP contribution in [0.15, 0.2) is 48.8 Å². The standard InChI is InChI=1S/C20H18N6O2/c1-12(2)13-4-6-15(7-5-13)26-11-17(18(25-26)19(21)27)24-20(28)16-10-14(22-3)8-9-23-16/h4-12H,1-2H3,(H2,21,27)(H,24,28). The second-order valence-corrected chi connectivity index (χ2v) is 6.41. The Labute approximate surface area is 161 Å². The summed E-state index contributed by atoms with van der Waals surface area (Å²) in [6, 6.07) is 10.6. The lowest BCUT2D eigenvalue weighted by Crippen LogP contribution is -2.18. The Kier molecular flexibility index (Phi) is 5.18. The molecule has 3 rings (SSSR count).